The van der Waals surface area contributed by atoms with E-state index in [4.69, 9.17) is 0 Å². The molecule has 3 rings (SSSR count). The molecule has 4 nitrogen and oxygen atoms in total. The van der Waals surface area contributed by atoms with Crippen LogP contribution in [0, 0.1) is 5.92 Å². The number of benzene rings is 1. The topological polar surface area (TPSA) is 54.0 Å². The molecule has 2 atom stereocenters. The van der Waals surface area contributed by atoms with E-state index >= 15 is 0 Å². The minimum absolute atomic E-state index is 0.0153. The van der Waals surface area contributed by atoms with Crippen LogP contribution in [0.1, 0.15) is 43.0 Å². The van der Waals surface area contributed by atoms with Crippen LogP contribution in [0.3, 0.4) is 0 Å². The highest BCUT2D eigenvalue weighted by molar-refractivity contribution is 7.13. The average Bonchev–Trinajstić information content (AvgIpc) is 3.03. The van der Waals surface area contributed by atoms with Gasteiger partial charge in [0.05, 0.1) is 0 Å². The fourth-order valence-electron chi connectivity index (χ4n) is 2.93. The van der Waals surface area contributed by atoms with Crippen LogP contribution in [0.15, 0.2) is 35.8 Å². The largest absolute Gasteiger partial charge is 0.349 e. The maximum Gasteiger partial charge on any atom is 0.251 e. The number of amides is 1. The molecule has 0 bridgehead atoms. The van der Waals surface area contributed by atoms with Crippen LogP contribution in [-0.4, -0.2) is 16.9 Å². The summed E-state index contributed by atoms with van der Waals surface area (Å²) < 4.78 is 0. The molecule has 2 unspecified atom stereocenters. The summed E-state index contributed by atoms with van der Waals surface area (Å²) in [6.45, 7) is 2.23. The second-order valence-electron chi connectivity index (χ2n) is 5.88. The average molecular weight is 315 g/mol. The third kappa shape index (κ3) is 3.65. The second-order valence-corrected chi connectivity index (χ2v) is 6.78. The Morgan fingerprint density at radius 3 is 2.95 bits per heavy atom. The first-order valence-corrected chi connectivity index (χ1v) is 8.68. The minimum Gasteiger partial charge on any atom is -0.349 e. The number of hydrogen-bond donors (Lipinski definition) is 2. The van der Waals surface area contributed by atoms with E-state index in [-0.39, 0.29) is 5.91 Å². The molecule has 1 aliphatic rings. The third-order valence-corrected chi connectivity index (χ3v) is 4.92. The van der Waals surface area contributed by atoms with Gasteiger partial charge in [0.15, 0.2) is 5.13 Å². The number of anilines is 2. The maximum absolute atomic E-state index is 12.5. The van der Waals surface area contributed by atoms with Crippen LogP contribution in [0.4, 0.5) is 10.8 Å². The van der Waals surface area contributed by atoms with Crippen molar-refractivity contribution in [1.82, 2.24) is 10.3 Å². The maximum atomic E-state index is 12.5. The fourth-order valence-corrected chi connectivity index (χ4v) is 3.48. The Balaban J connectivity index is 1.67. The molecule has 1 aromatic carbocycles. The molecule has 0 radical (unpaired) electrons. The van der Waals surface area contributed by atoms with Gasteiger partial charge in [-0.25, -0.2) is 4.98 Å². The van der Waals surface area contributed by atoms with E-state index in [2.05, 4.69) is 22.5 Å². The van der Waals surface area contributed by atoms with Gasteiger partial charge in [-0.1, -0.05) is 25.8 Å². The number of carbonyl (C=O) groups is 1. The zero-order valence-corrected chi connectivity index (χ0v) is 13.5. The quantitative estimate of drug-likeness (QED) is 0.889. The van der Waals surface area contributed by atoms with E-state index in [0.717, 1.165) is 17.2 Å². The van der Waals surface area contributed by atoms with Crippen molar-refractivity contribution in [3.63, 3.8) is 0 Å². The van der Waals surface area contributed by atoms with E-state index in [9.17, 15) is 4.79 Å². The Hall–Kier alpha value is -1.88. The van der Waals surface area contributed by atoms with Gasteiger partial charge in [0.25, 0.3) is 5.91 Å². The molecule has 0 spiro atoms. The Labute approximate surface area is 135 Å². The van der Waals surface area contributed by atoms with Crippen LogP contribution in [0.25, 0.3) is 0 Å². The van der Waals surface area contributed by atoms with Crippen molar-refractivity contribution < 1.29 is 4.79 Å². The van der Waals surface area contributed by atoms with Crippen molar-refractivity contribution in [3.05, 3.63) is 41.4 Å². The smallest absolute Gasteiger partial charge is 0.251 e. The van der Waals surface area contributed by atoms with E-state index < -0.39 is 0 Å². The van der Waals surface area contributed by atoms with Gasteiger partial charge in [-0.15, -0.1) is 11.3 Å². The molecule has 2 N–H and O–H groups in total. The normalized spacial score (nSPS) is 21.3. The van der Waals surface area contributed by atoms with Crippen molar-refractivity contribution in [3.8, 4) is 0 Å². The Bertz CT molecular complexity index is 627. The van der Waals surface area contributed by atoms with Crippen LogP contribution >= 0.6 is 11.3 Å². The molecule has 1 fully saturated rings. The monoisotopic (exact) mass is 315 g/mol. The molecule has 1 amide bonds. The number of carbonyl (C=O) groups excluding carboxylic acids is 1. The highest BCUT2D eigenvalue weighted by Crippen LogP contribution is 2.24. The van der Waals surface area contributed by atoms with Crippen LogP contribution in [0.5, 0.6) is 0 Å². The van der Waals surface area contributed by atoms with Crippen molar-refractivity contribution in [2.24, 2.45) is 5.92 Å². The van der Waals surface area contributed by atoms with Crippen molar-refractivity contribution in [2.45, 2.75) is 38.6 Å². The lowest BCUT2D eigenvalue weighted by Gasteiger charge is -2.29. The van der Waals surface area contributed by atoms with Crippen molar-refractivity contribution in [2.75, 3.05) is 5.32 Å². The summed E-state index contributed by atoms with van der Waals surface area (Å²) in [4.78, 5) is 16.7. The zero-order chi connectivity index (χ0) is 15.4. The van der Waals surface area contributed by atoms with Crippen LogP contribution in [-0.2, 0) is 0 Å². The zero-order valence-electron chi connectivity index (χ0n) is 12.7. The van der Waals surface area contributed by atoms with Gasteiger partial charge < -0.3 is 10.6 Å². The lowest BCUT2D eigenvalue weighted by atomic mass is 9.86. The molecule has 1 aromatic heterocycles. The number of aromatic nitrogens is 1. The molecular formula is C17H21N3OS. The first-order chi connectivity index (χ1) is 10.7. The summed E-state index contributed by atoms with van der Waals surface area (Å²) in [7, 11) is 0. The number of nitrogens with one attached hydrogen (secondary N) is 2. The molecule has 2 aromatic rings. The molecule has 116 valence electrons. The summed E-state index contributed by atoms with van der Waals surface area (Å²) in [6.07, 6.45) is 6.54. The summed E-state index contributed by atoms with van der Waals surface area (Å²) in [5, 5.41) is 9.16. The highest BCUT2D eigenvalue weighted by Gasteiger charge is 2.23. The van der Waals surface area contributed by atoms with E-state index in [1.54, 1.807) is 6.20 Å². The lowest BCUT2D eigenvalue weighted by molar-refractivity contribution is 0.0910. The van der Waals surface area contributed by atoms with Gasteiger partial charge in [0.2, 0.25) is 0 Å². The molecule has 0 saturated heterocycles. The summed E-state index contributed by atoms with van der Waals surface area (Å²) in [5.74, 6) is 0.580. The summed E-state index contributed by atoms with van der Waals surface area (Å²) in [5.41, 5.74) is 1.58. The Kier molecular flexibility index (Phi) is 4.73. The van der Waals surface area contributed by atoms with Gasteiger partial charge in [0, 0.05) is 28.9 Å². The number of hydrogen-bond acceptors (Lipinski definition) is 4. The Morgan fingerprint density at radius 1 is 1.32 bits per heavy atom. The first-order valence-electron chi connectivity index (χ1n) is 7.80. The molecule has 1 saturated carbocycles. The molecule has 0 aliphatic heterocycles. The predicted octanol–water partition coefficient (Wildman–Crippen LogP) is 4.20. The van der Waals surface area contributed by atoms with E-state index in [1.807, 2.05) is 29.6 Å². The summed E-state index contributed by atoms with van der Waals surface area (Å²) in [6, 6.07) is 7.88. The summed E-state index contributed by atoms with van der Waals surface area (Å²) >= 11 is 1.54. The van der Waals surface area contributed by atoms with E-state index in [0.29, 0.717) is 17.5 Å². The number of nitrogens with zero attached hydrogens (tertiary/aromatic N) is 1. The standard InChI is InChI=1S/C17H21N3OS/c1-12-5-2-3-8-15(12)20-16(21)13-6-4-7-14(11-13)19-17-18-9-10-22-17/h4,6-7,9-12,15H,2-3,5,8H2,1H3,(H,18,19)(H,20,21). The Morgan fingerprint density at radius 2 is 2.18 bits per heavy atom. The second kappa shape index (κ2) is 6.92. The van der Waals surface area contributed by atoms with Crippen LogP contribution in [0.2, 0.25) is 0 Å². The van der Waals surface area contributed by atoms with E-state index in [1.165, 1.54) is 30.6 Å². The molecular weight excluding hydrogens is 294 g/mol. The fraction of sp³-hybridized carbons (Fsp3) is 0.412. The molecule has 22 heavy (non-hydrogen) atoms. The molecule has 5 heteroatoms. The number of rotatable bonds is 4. The van der Waals surface area contributed by atoms with Crippen molar-refractivity contribution in [1.29, 1.82) is 0 Å². The van der Waals surface area contributed by atoms with Gasteiger partial charge >= 0.3 is 0 Å². The van der Waals surface area contributed by atoms with Gasteiger partial charge in [-0.05, 0) is 37.0 Å². The highest BCUT2D eigenvalue weighted by atomic mass is 32.1. The SMILES string of the molecule is CC1CCCCC1NC(=O)c1cccc(Nc2nccs2)c1. The first kappa shape index (κ1) is 15.0. The number of thiazole rings is 1. The van der Waals surface area contributed by atoms with Crippen molar-refractivity contribution >= 4 is 28.1 Å². The third-order valence-electron chi connectivity index (χ3n) is 4.24. The van der Waals surface area contributed by atoms with Gasteiger partial charge in [-0.2, -0.15) is 0 Å². The van der Waals surface area contributed by atoms with Gasteiger partial charge in [-0.3, -0.25) is 4.79 Å². The predicted molar refractivity (Wildman–Crippen MR) is 90.7 cm³/mol. The minimum atomic E-state index is 0.0153. The van der Waals surface area contributed by atoms with Crippen LogP contribution < -0.4 is 10.6 Å². The molecule has 1 aliphatic carbocycles. The van der Waals surface area contributed by atoms with Gasteiger partial charge in [0.1, 0.15) is 0 Å². The lowest BCUT2D eigenvalue weighted by Crippen LogP contribution is -2.41. The molecule has 1 heterocycles.